The van der Waals surface area contributed by atoms with E-state index in [2.05, 4.69) is 15.9 Å². The molecule has 0 saturated heterocycles. The van der Waals surface area contributed by atoms with Gasteiger partial charge < -0.3 is 4.79 Å². The Bertz CT molecular complexity index is 66.0. The second-order valence-corrected chi connectivity index (χ2v) is 3.14. The standard InChI is InChI=1S/C3H3BrCl2O/c4-2(1-7)3(5)6/h1-3H. The van der Waals surface area contributed by atoms with Gasteiger partial charge in [0, 0.05) is 0 Å². The molecular weight excluding hydrogens is 203 g/mol. The average molecular weight is 206 g/mol. The molecule has 1 atom stereocenters. The van der Waals surface area contributed by atoms with E-state index in [1.165, 1.54) is 0 Å². The predicted octanol–water partition coefficient (Wildman–Crippen LogP) is 1.75. The highest BCUT2D eigenvalue weighted by molar-refractivity contribution is 9.10. The number of carbonyl (C=O) groups excluding carboxylic acids is 1. The Labute approximate surface area is 60.1 Å². The minimum Gasteiger partial charge on any atom is -0.302 e. The van der Waals surface area contributed by atoms with Gasteiger partial charge in [-0.2, -0.15) is 0 Å². The van der Waals surface area contributed by atoms with Crippen molar-refractivity contribution in [3.63, 3.8) is 0 Å². The minimum absolute atomic E-state index is 0.434. The van der Waals surface area contributed by atoms with Gasteiger partial charge in [-0.15, -0.1) is 23.2 Å². The van der Waals surface area contributed by atoms with Gasteiger partial charge in [-0.05, 0) is 0 Å². The molecule has 0 aliphatic heterocycles. The Morgan fingerprint density at radius 1 is 1.57 bits per heavy atom. The Balaban J connectivity index is 3.33. The largest absolute Gasteiger partial charge is 0.302 e. The van der Waals surface area contributed by atoms with Crippen LogP contribution in [0.4, 0.5) is 0 Å². The lowest BCUT2D eigenvalue weighted by Crippen LogP contribution is -2.07. The van der Waals surface area contributed by atoms with Crippen molar-refractivity contribution in [2.75, 3.05) is 0 Å². The fraction of sp³-hybridized carbons (Fsp3) is 0.667. The summed E-state index contributed by atoms with van der Waals surface area (Å²) in [5, 5.41) is 0. The van der Waals surface area contributed by atoms with Crippen molar-refractivity contribution in [3.05, 3.63) is 0 Å². The summed E-state index contributed by atoms with van der Waals surface area (Å²) in [5.41, 5.74) is 0. The summed E-state index contributed by atoms with van der Waals surface area (Å²) in [7, 11) is 0. The topological polar surface area (TPSA) is 17.1 Å². The molecule has 0 bridgehead atoms. The van der Waals surface area contributed by atoms with Gasteiger partial charge in [-0.3, -0.25) is 0 Å². The Hall–Kier alpha value is 0.730. The number of aldehydes is 1. The van der Waals surface area contributed by atoms with Crippen LogP contribution in [-0.4, -0.2) is 15.9 Å². The fourth-order valence-electron chi connectivity index (χ4n) is 0.0594. The van der Waals surface area contributed by atoms with Gasteiger partial charge in [0.1, 0.15) is 15.9 Å². The summed E-state index contributed by atoms with van der Waals surface area (Å²) in [6.45, 7) is 0. The van der Waals surface area contributed by atoms with Crippen LogP contribution in [0.15, 0.2) is 0 Å². The molecular formula is C3H3BrCl2O. The van der Waals surface area contributed by atoms with E-state index in [0.717, 1.165) is 0 Å². The third-order valence-electron chi connectivity index (χ3n) is 0.371. The maximum absolute atomic E-state index is 9.73. The predicted molar refractivity (Wildman–Crippen MR) is 34.3 cm³/mol. The molecule has 42 valence electrons. The van der Waals surface area contributed by atoms with E-state index in [-0.39, 0.29) is 0 Å². The van der Waals surface area contributed by atoms with Crippen LogP contribution in [0.25, 0.3) is 0 Å². The Kier molecular flexibility index (Phi) is 4.08. The molecule has 1 nitrogen and oxygen atoms in total. The monoisotopic (exact) mass is 204 g/mol. The first-order valence-electron chi connectivity index (χ1n) is 1.56. The number of carbonyl (C=O) groups is 1. The lowest BCUT2D eigenvalue weighted by atomic mass is 10.5. The maximum Gasteiger partial charge on any atom is 0.136 e. The zero-order valence-electron chi connectivity index (χ0n) is 3.27. The molecule has 0 heterocycles. The van der Waals surface area contributed by atoms with Gasteiger partial charge in [0.25, 0.3) is 0 Å². The molecule has 0 aromatic rings. The summed E-state index contributed by atoms with van der Waals surface area (Å²) in [6, 6.07) is 0. The number of hydrogen-bond donors (Lipinski definition) is 0. The summed E-state index contributed by atoms with van der Waals surface area (Å²) in [6.07, 6.45) is 0.644. The van der Waals surface area contributed by atoms with Crippen molar-refractivity contribution in [2.45, 2.75) is 9.66 Å². The van der Waals surface area contributed by atoms with Crippen molar-refractivity contribution in [1.29, 1.82) is 0 Å². The minimum atomic E-state index is -0.641. The van der Waals surface area contributed by atoms with Crippen molar-refractivity contribution in [3.8, 4) is 0 Å². The van der Waals surface area contributed by atoms with Crippen LogP contribution in [0.3, 0.4) is 0 Å². The molecule has 0 aliphatic rings. The second-order valence-electron chi connectivity index (χ2n) is 0.915. The van der Waals surface area contributed by atoms with E-state index in [0.29, 0.717) is 6.29 Å². The van der Waals surface area contributed by atoms with Gasteiger partial charge in [-0.1, -0.05) is 15.9 Å². The number of rotatable bonds is 2. The normalized spacial score (nSPS) is 14.3. The highest BCUT2D eigenvalue weighted by Crippen LogP contribution is 2.12. The first-order chi connectivity index (χ1) is 3.18. The molecule has 0 aliphatic carbocycles. The quantitative estimate of drug-likeness (QED) is 0.496. The average Bonchev–Trinajstić information content (AvgIpc) is 1.65. The van der Waals surface area contributed by atoms with E-state index in [1.807, 2.05) is 0 Å². The lowest BCUT2D eigenvalue weighted by Gasteiger charge is -1.97. The molecule has 0 aromatic carbocycles. The number of halogens is 3. The van der Waals surface area contributed by atoms with Crippen LogP contribution in [0.1, 0.15) is 0 Å². The van der Waals surface area contributed by atoms with Crippen molar-refractivity contribution < 1.29 is 4.79 Å². The molecule has 0 radical (unpaired) electrons. The summed E-state index contributed by atoms with van der Waals surface area (Å²) in [5.74, 6) is 0. The van der Waals surface area contributed by atoms with Crippen LogP contribution in [-0.2, 0) is 4.79 Å². The smallest absolute Gasteiger partial charge is 0.136 e. The number of hydrogen-bond acceptors (Lipinski definition) is 1. The summed E-state index contributed by atoms with van der Waals surface area (Å²) >= 11 is 13.3. The van der Waals surface area contributed by atoms with Crippen LogP contribution in [0.5, 0.6) is 0 Å². The zero-order valence-corrected chi connectivity index (χ0v) is 6.37. The van der Waals surface area contributed by atoms with Crippen LogP contribution >= 0.6 is 39.1 Å². The highest BCUT2D eigenvalue weighted by atomic mass is 79.9. The first kappa shape index (κ1) is 7.73. The number of alkyl halides is 3. The third kappa shape index (κ3) is 3.32. The van der Waals surface area contributed by atoms with Gasteiger partial charge in [-0.25, -0.2) is 0 Å². The molecule has 0 N–H and O–H groups in total. The fourth-order valence-corrected chi connectivity index (χ4v) is 0.178. The van der Waals surface area contributed by atoms with E-state index >= 15 is 0 Å². The summed E-state index contributed by atoms with van der Waals surface area (Å²) < 4.78 is 0. The van der Waals surface area contributed by atoms with Crippen LogP contribution in [0.2, 0.25) is 0 Å². The van der Waals surface area contributed by atoms with Crippen LogP contribution in [0, 0.1) is 0 Å². The van der Waals surface area contributed by atoms with E-state index in [4.69, 9.17) is 23.2 Å². The molecule has 4 heteroatoms. The molecule has 1 unspecified atom stereocenters. The van der Waals surface area contributed by atoms with Gasteiger partial charge >= 0.3 is 0 Å². The van der Waals surface area contributed by atoms with Gasteiger partial charge in [0.15, 0.2) is 0 Å². The summed E-state index contributed by atoms with van der Waals surface area (Å²) in [4.78, 5) is 8.65. The highest BCUT2D eigenvalue weighted by Gasteiger charge is 2.09. The molecule has 0 aromatic heterocycles. The van der Waals surface area contributed by atoms with Crippen molar-refractivity contribution in [2.24, 2.45) is 0 Å². The molecule has 0 spiro atoms. The van der Waals surface area contributed by atoms with Gasteiger partial charge in [0.2, 0.25) is 0 Å². The SMILES string of the molecule is O=CC(Br)C(Cl)Cl. The van der Waals surface area contributed by atoms with E-state index < -0.39 is 9.66 Å². The Morgan fingerprint density at radius 2 is 2.00 bits per heavy atom. The third-order valence-corrected chi connectivity index (χ3v) is 2.27. The van der Waals surface area contributed by atoms with Crippen LogP contribution < -0.4 is 0 Å². The first-order valence-corrected chi connectivity index (χ1v) is 3.35. The molecule has 0 saturated carbocycles. The van der Waals surface area contributed by atoms with Crippen molar-refractivity contribution in [1.82, 2.24) is 0 Å². The molecule has 0 amide bonds. The van der Waals surface area contributed by atoms with E-state index in [1.54, 1.807) is 0 Å². The Morgan fingerprint density at radius 3 is 2.00 bits per heavy atom. The van der Waals surface area contributed by atoms with Gasteiger partial charge in [0.05, 0.1) is 0 Å². The van der Waals surface area contributed by atoms with E-state index in [9.17, 15) is 4.79 Å². The zero-order chi connectivity index (χ0) is 5.86. The molecule has 0 fully saturated rings. The van der Waals surface area contributed by atoms with Crippen molar-refractivity contribution >= 4 is 45.4 Å². The second kappa shape index (κ2) is 3.70. The molecule has 0 rings (SSSR count). The maximum atomic E-state index is 9.73. The lowest BCUT2D eigenvalue weighted by molar-refractivity contribution is -0.107. The molecule has 7 heavy (non-hydrogen) atoms.